The van der Waals surface area contributed by atoms with E-state index < -0.39 is 11.8 Å². The number of nitrogens with zero attached hydrogens (tertiary/aromatic N) is 2. The van der Waals surface area contributed by atoms with Crippen LogP contribution in [0.5, 0.6) is 0 Å². The Kier molecular flexibility index (Phi) is 4.63. The third kappa shape index (κ3) is 3.05. The van der Waals surface area contributed by atoms with Gasteiger partial charge in [-0.15, -0.1) is 0 Å². The van der Waals surface area contributed by atoms with Crippen LogP contribution < -0.4 is 4.90 Å². The number of imide groups is 1. The lowest BCUT2D eigenvalue weighted by molar-refractivity contribution is -0.122. The van der Waals surface area contributed by atoms with Crippen molar-refractivity contribution in [3.8, 4) is 6.07 Å². The molecule has 0 N–H and O–H groups in total. The van der Waals surface area contributed by atoms with Crippen LogP contribution in [0.1, 0.15) is 23.6 Å². The summed E-state index contributed by atoms with van der Waals surface area (Å²) in [6, 6.07) is 14.1. The summed E-state index contributed by atoms with van der Waals surface area (Å²) < 4.78 is 0. The van der Waals surface area contributed by atoms with Gasteiger partial charge < -0.3 is 0 Å². The third-order valence-electron chi connectivity index (χ3n) is 3.91. The van der Waals surface area contributed by atoms with Gasteiger partial charge in [-0.2, -0.15) is 5.26 Å². The van der Waals surface area contributed by atoms with Gasteiger partial charge in [0.25, 0.3) is 5.91 Å². The van der Waals surface area contributed by atoms with Crippen LogP contribution in [0.3, 0.4) is 0 Å². The van der Waals surface area contributed by atoms with Gasteiger partial charge in [-0.25, -0.2) is 4.90 Å². The number of amides is 2. The highest BCUT2D eigenvalue weighted by atomic mass is 35.5. The van der Waals surface area contributed by atoms with Gasteiger partial charge in [0, 0.05) is 17.5 Å². The van der Waals surface area contributed by atoms with Gasteiger partial charge in [0.05, 0.1) is 28.8 Å². The number of hydrogen-bond acceptors (Lipinski definition) is 3. The minimum Gasteiger partial charge on any atom is -0.274 e. The summed E-state index contributed by atoms with van der Waals surface area (Å²) in [6.45, 7) is 1.32. The molecule has 0 atom stereocenters. The molecule has 3 rings (SSSR count). The quantitative estimate of drug-likeness (QED) is 0.735. The molecule has 1 aliphatic rings. The van der Waals surface area contributed by atoms with Crippen LogP contribution in [0.25, 0.3) is 10.6 Å². The van der Waals surface area contributed by atoms with E-state index in [-0.39, 0.29) is 10.6 Å². The fourth-order valence-electron chi connectivity index (χ4n) is 2.77. The van der Waals surface area contributed by atoms with Crippen LogP contribution in [-0.4, -0.2) is 11.8 Å². The molecule has 124 valence electrons. The molecule has 2 aromatic carbocycles. The van der Waals surface area contributed by atoms with E-state index in [0.717, 1.165) is 10.5 Å². The van der Waals surface area contributed by atoms with Gasteiger partial charge in [-0.3, -0.25) is 9.59 Å². The molecule has 0 spiro atoms. The number of nitriles is 1. The lowest BCUT2D eigenvalue weighted by Gasteiger charge is -2.12. The van der Waals surface area contributed by atoms with E-state index in [1.807, 2.05) is 0 Å². The van der Waals surface area contributed by atoms with Gasteiger partial charge in [0.1, 0.15) is 0 Å². The zero-order valence-corrected chi connectivity index (χ0v) is 14.7. The summed E-state index contributed by atoms with van der Waals surface area (Å²) in [5, 5.41) is 9.42. The van der Waals surface area contributed by atoms with Crippen molar-refractivity contribution in [3.05, 3.63) is 64.2 Å². The highest BCUT2D eigenvalue weighted by molar-refractivity contribution is 6.60. The fraction of sp³-hybridized carbons (Fsp3) is 0.105. The monoisotopic (exact) mass is 370 g/mol. The Morgan fingerprint density at radius 3 is 2.48 bits per heavy atom. The van der Waals surface area contributed by atoms with Crippen molar-refractivity contribution < 1.29 is 9.59 Å². The second kappa shape index (κ2) is 6.72. The van der Waals surface area contributed by atoms with Crippen molar-refractivity contribution in [2.45, 2.75) is 13.3 Å². The van der Waals surface area contributed by atoms with Crippen LogP contribution in [0.4, 0.5) is 5.69 Å². The van der Waals surface area contributed by atoms with E-state index in [2.05, 4.69) is 6.07 Å². The molecule has 0 radical (unpaired) electrons. The molecular weight excluding hydrogens is 359 g/mol. The molecule has 6 heteroatoms. The van der Waals surface area contributed by atoms with Crippen molar-refractivity contribution >= 4 is 51.3 Å². The van der Waals surface area contributed by atoms with E-state index in [1.165, 1.54) is 6.92 Å². The van der Waals surface area contributed by atoms with Crippen molar-refractivity contribution in [1.29, 1.82) is 5.26 Å². The largest absolute Gasteiger partial charge is 0.274 e. The standard InChI is InChI=1S/C19H12Cl2N2O2/c1-11(24)23-16-10-14(20)6-7-15(16)17(19(23)25)18(21)13-4-2-12(3-5-13)8-9-22/h2-7,10H,8H2,1H3/b18-17+. The lowest BCUT2D eigenvalue weighted by Crippen LogP contribution is -2.31. The van der Waals surface area contributed by atoms with E-state index in [4.69, 9.17) is 28.5 Å². The zero-order chi connectivity index (χ0) is 18.1. The smallest absolute Gasteiger partial charge is 0.267 e. The second-order valence-corrected chi connectivity index (χ2v) is 6.36. The molecule has 2 amide bonds. The average molecular weight is 371 g/mol. The van der Waals surface area contributed by atoms with Crippen LogP contribution in [0.15, 0.2) is 42.5 Å². The minimum atomic E-state index is -0.476. The summed E-state index contributed by atoms with van der Waals surface area (Å²) in [4.78, 5) is 25.8. The Morgan fingerprint density at radius 1 is 1.20 bits per heavy atom. The number of benzene rings is 2. The normalized spacial score (nSPS) is 15.0. The summed E-state index contributed by atoms with van der Waals surface area (Å²) >= 11 is 12.5. The van der Waals surface area contributed by atoms with Crippen molar-refractivity contribution in [3.63, 3.8) is 0 Å². The van der Waals surface area contributed by atoms with E-state index in [1.54, 1.807) is 42.5 Å². The lowest BCUT2D eigenvalue weighted by atomic mass is 10.0. The molecule has 0 unspecified atom stereocenters. The summed E-state index contributed by atoms with van der Waals surface area (Å²) in [5.41, 5.74) is 2.75. The van der Waals surface area contributed by atoms with Crippen molar-refractivity contribution in [2.75, 3.05) is 4.90 Å². The molecular formula is C19H12Cl2N2O2. The first-order valence-electron chi connectivity index (χ1n) is 7.45. The van der Waals surface area contributed by atoms with E-state index in [0.29, 0.717) is 28.3 Å². The number of fused-ring (bicyclic) bond motifs is 1. The second-order valence-electron chi connectivity index (χ2n) is 5.54. The van der Waals surface area contributed by atoms with Crippen LogP contribution in [0.2, 0.25) is 5.02 Å². The topological polar surface area (TPSA) is 61.2 Å². The summed E-state index contributed by atoms with van der Waals surface area (Å²) in [5.74, 6) is -0.881. The van der Waals surface area contributed by atoms with Crippen LogP contribution >= 0.6 is 23.2 Å². The Hall–Kier alpha value is -2.61. The first kappa shape index (κ1) is 17.2. The molecule has 0 saturated carbocycles. The van der Waals surface area contributed by atoms with Gasteiger partial charge >= 0.3 is 0 Å². The Bertz CT molecular complexity index is 956. The average Bonchev–Trinajstić information content (AvgIpc) is 2.86. The van der Waals surface area contributed by atoms with Gasteiger partial charge in [0.15, 0.2) is 0 Å². The number of rotatable bonds is 2. The molecule has 25 heavy (non-hydrogen) atoms. The Morgan fingerprint density at radius 2 is 1.88 bits per heavy atom. The number of carbonyl (C=O) groups excluding carboxylic acids is 2. The summed E-state index contributed by atoms with van der Waals surface area (Å²) in [6.07, 6.45) is 0.298. The van der Waals surface area contributed by atoms with Gasteiger partial charge in [0.2, 0.25) is 5.91 Å². The maximum Gasteiger partial charge on any atom is 0.267 e. The van der Waals surface area contributed by atoms with Crippen LogP contribution in [-0.2, 0) is 16.0 Å². The predicted octanol–water partition coefficient (Wildman–Crippen LogP) is 4.41. The van der Waals surface area contributed by atoms with Crippen LogP contribution in [0, 0.1) is 11.3 Å². The highest BCUT2D eigenvalue weighted by Gasteiger charge is 2.37. The molecule has 4 nitrogen and oxygen atoms in total. The number of anilines is 1. The molecule has 0 fully saturated rings. The molecule has 0 saturated heterocycles. The zero-order valence-electron chi connectivity index (χ0n) is 13.2. The molecule has 1 aliphatic heterocycles. The van der Waals surface area contributed by atoms with Gasteiger partial charge in [-0.1, -0.05) is 53.5 Å². The first-order valence-corrected chi connectivity index (χ1v) is 8.20. The maximum atomic E-state index is 12.8. The van der Waals surface area contributed by atoms with E-state index in [9.17, 15) is 9.59 Å². The predicted molar refractivity (Wildman–Crippen MR) is 98.0 cm³/mol. The molecule has 0 aromatic heterocycles. The molecule has 0 aliphatic carbocycles. The SMILES string of the molecule is CC(=O)N1C(=O)/C(=C(/Cl)c2ccc(CC#N)cc2)c2ccc(Cl)cc21. The highest BCUT2D eigenvalue weighted by Crippen LogP contribution is 2.43. The van der Waals surface area contributed by atoms with Crippen molar-refractivity contribution in [2.24, 2.45) is 0 Å². The van der Waals surface area contributed by atoms with Gasteiger partial charge in [-0.05, 0) is 23.3 Å². The molecule has 0 bridgehead atoms. The van der Waals surface area contributed by atoms with E-state index >= 15 is 0 Å². The Labute approximate surface area is 154 Å². The third-order valence-corrected chi connectivity index (χ3v) is 4.55. The number of halogens is 2. The maximum absolute atomic E-state index is 12.8. The van der Waals surface area contributed by atoms with Crippen molar-refractivity contribution in [1.82, 2.24) is 0 Å². The molecule has 1 heterocycles. The number of carbonyl (C=O) groups is 2. The Balaban J connectivity index is 2.15. The number of hydrogen-bond donors (Lipinski definition) is 0. The molecule has 2 aromatic rings. The summed E-state index contributed by atoms with van der Waals surface area (Å²) in [7, 11) is 0. The first-order chi connectivity index (χ1) is 11.9. The minimum absolute atomic E-state index is 0.251. The fourth-order valence-corrected chi connectivity index (χ4v) is 3.24.